The van der Waals surface area contributed by atoms with E-state index in [0.29, 0.717) is 30.2 Å². The molecule has 1 N–H and O–H groups in total. The van der Waals surface area contributed by atoms with Crippen LogP contribution >= 0.6 is 11.6 Å². The van der Waals surface area contributed by atoms with Gasteiger partial charge in [-0.05, 0) is 62.1 Å². The van der Waals surface area contributed by atoms with E-state index in [9.17, 15) is 5.11 Å². The lowest BCUT2D eigenvalue weighted by Crippen LogP contribution is -2.47. The smallest absolute Gasteiger partial charge is 0.120 e. The first kappa shape index (κ1) is 23.6. The number of hydrogen-bond acceptors (Lipinski definition) is 5. The number of imidazole rings is 1. The van der Waals surface area contributed by atoms with Gasteiger partial charge in [-0.2, -0.15) is 0 Å². The van der Waals surface area contributed by atoms with Crippen molar-refractivity contribution in [1.82, 2.24) is 14.5 Å². The van der Waals surface area contributed by atoms with E-state index in [0.717, 1.165) is 44.2 Å². The number of aliphatic hydroxyl groups is 1. The Morgan fingerprint density at radius 2 is 1.82 bits per heavy atom. The van der Waals surface area contributed by atoms with E-state index in [4.69, 9.17) is 21.1 Å². The first-order valence-corrected chi connectivity index (χ1v) is 11.9. The van der Waals surface area contributed by atoms with Crippen LogP contribution in [0.3, 0.4) is 0 Å². The highest BCUT2D eigenvalue weighted by molar-refractivity contribution is 6.30. The molecule has 0 spiro atoms. The molecular weight excluding hydrogens is 438 g/mol. The molecule has 1 aliphatic heterocycles. The largest absolute Gasteiger partial charge is 0.494 e. The third kappa shape index (κ3) is 6.97. The lowest BCUT2D eigenvalue weighted by atomic mass is 9.92. The van der Waals surface area contributed by atoms with Gasteiger partial charge >= 0.3 is 0 Å². The fourth-order valence-electron chi connectivity index (χ4n) is 4.10. The number of aryl methyl sites for hydroxylation is 2. The molecule has 0 bridgehead atoms. The molecule has 7 heteroatoms. The summed E-state index contributed by atoms with van der Waals surface area (Å²) in [5, 5.41) is 11.6. The summed E-state index contributed by atoms with van der Waals surface area (Å²) in [6.07, 6.45) is 6.12. The molecule has 1 aromatic heterocycles. The Hall–Kier alpha value is -2.54. The molecule has 1 fully saturated rings. The molecule has 0 aliphatic carbocycles. The molecule has 4 rings (SSSR count). The lowest BCUT2D eigenvalue weighted by molar-refractivity contribution is -0.0537. The number of benzene rings is 2. The predicted octanol–water partition coefficient (Wildman–Crippen LogP) is 4.72. The molecule has 6 nitrogen and oxygen atoms in total. The van der Waals surface area contributed by atoms with Crippen molar-refractivity contribution >= 4 is 11.6 Å². The van der Waals surface area contributed by atoms with Crippen molar-refractivity contribution in [2.45, 2.75) is 44.9 Å². The number of rotatable bonds is 10. The van der Waals surface area contributed by atoms with Crippen LogP contribution in [0.1, 0.15) is 30.7 Å². The fraction of sp³-hybridized carbons (Fsp3) is 0.423. The highest BCUT2D eigenvalue weighted by Crippen LogP contribution is 2.26. The van der Waals surface area contributed by atoms with Gasteiger partial charge in [0.2, 0.25) is 0 Å². The van der Waals surface area contributed by atoms with Gasteiger partial charge in [-0.25, -0.2) is 4.98 Å². The zero-order valence-electron chi connectivity index (χ0n) is 19.1. The van der Waals surface area contributed by atoms with Crippen LogP contribution in [0.25, 0.3) is 0 Å². The number of likely N-dealkylation sites (tertiary alicyclic amines) is 1. The Labute approximate surface area is 200 Å². The Morgan fingerprint density at radius 3 is 2.55 bits per heavy atom. The van der Waals surface area contributed by atoms with Crippen LogP contribution in [0.5, 0.6) is 11.5 Å². The molecule has 0 saturated carbocycles. The van der Waals surface area contributed by atoms with Crippen LogP contribution in [-0.2, 0) is 13.1 Å². The van der Waals surface area contributed by atoms with Crippen LogP contribution in [0, 0.1) is 6.92 Å². The van der Waals surface area contributed by atoms with Crippen molar-refractivity contribution in [2.24, 2.45) is 0 Å². The number of hydrogen-bond donors (Lipinski definition) is 1. The summed E-state index contributed by atoms with van der Waals surface area (Å²) >= 11 is 6.01. The van der Waals surface area contributed by atoms with Crippen molar-refractivity contribution in [3.8, 4) is 11.5 Å². The van der Waals surface area contributed by atoms with Crippen LogP contribution in [0.4, 0.5) is 0 Å². The maximum atomic E-state index is 10.9. The van der Waals surface area contributed by atoms with Gasteiger partial charge in [0.05, 0.1) is 6.61 Å². The second-order valence-electron chi connectivity index (χ2n) is 8.76. The summed E-state index contributed by atoms with van der Waals surface area (Å²) in [5.74, 6) is 2.62. The summed E-state index contributed by atoms with van der Waals surface area (Å²) in [4.78, 5) is 6.62. The quantitative estimate of drug-likeness (QED) is 0.435. The first-order chi connectivity index (χ1) is 16.0. The zero-order chi connectivity index (χ0) is 23.1. The SMILES string of the molecule is Cc1nccn1CCCOc1cccc(CN2CCC(O)(COc3cccc(Cl)c3)CC2)c1. The Bertz CT molecular complexity index is 1030. The van der Waals surface area contributed by atoms with Gasteiger partial charge in [0, 0.05) is 43.6 Å². The van der Waals surface area contributed by atoms with Crippen LogP contribution < -0.4 is 9.47 Å². The second kappa shape index (κ2) is 11.1. The van der Waals surface area contributed by atoms with Gasteiger partial charge in [-0.1, -0.05) is 29.8 Å². The average molecular weight is 470 g/mol. The predicted molar refractivity (Wildman–Crippen MR) is 130 cm³/mol. The molecule has 2 heterocycles. The molecule has 3 aromatic rings. The number of piperidine rings is 1. The monoisotopic (exact) mass is 469 g/mol. The van der Waals surface area contributed by atoms with Gasteiger partial charge in [0.15, 0.2) is 0 Å². The van der Waals surface area contributed by atoms with E-state index in [1.165, 1.54) is 5.56 Å². The summed E-state index contributed by atoms with van der Waals surface area (Å²) in [7, 11) is 0. The van der Waals surface area contributed by atoms with E-state index in [2.05, 4.69) is 26.6 Å². The molecule has 0 radical (unpaired) electrons. The third-order valence-electron chi connectivity index (χ3n) is 6.13. The van der Waals surface area contributed by atoms with Crippen molar-refractivity contribution in [2.75, 3.05) is 26.3 Å². The molecular formula is C26H32ClN3O3. The maximum absolute atomic E-state index is 10.9. The minimum absolute atomic E-state index is 0.281. The second-order valence-corrected chi connectivity index (χ2v) is 9.20. The lowest BCUT2D eigenvalue weighted by Gasteiger charge is -2.38. The summed E-state index contributed by atoms with van der Waals surface area (Å²) in [6.45, 7) is 6.36. The van der Waals surface area contributed by atoms with E-state index in [1.807, 2.05) is 49.6 Å². The van der Waals surface area contributed by atoms with Crippen molar-refractivity contribution in [3.63, 3.8) is 0 Å². The van der Waals surface area contributed by atoms with Crippen molar-refractivity contribution in [1.29, 1.82) is 0 Å². The molecule has 33 heavy (non-hydrogen) atoms. The van der Waals surface area contributed by atoms with Gasteiger partial charge < -0.3 is 19.1 Å². The van der Waals surface area contributed by atoms with Crippen molar-refractivity contribution < 1.29 is 14.6 Å². The van der Waals surface area contributed by atoms with E-state index in [1.54, 1.807) is 6.07 Å². The topological polar surface area (TPSA) is 59.8 Å². The van der Waals surface area contributed by atoms with Crippen LogP contribution in [0.2, 0.25) is 5.02 Å². The molecule has 176 valence electrons. The summed E-state index contributed by atoms with van der Waals surface area (Å²) in [6, 6.07) is 15.6. The fourth-order valence-corrected chi connectivity index (χ4v) is 4.28. The van der Waals surface area contributed by atoms with Crippen molar-refractivity contribution in [3.05, 3.63) is 77.3 Å². The number of halogens is 1. The number of nitrogens with zero attached hydrogens (tertiary/aromatic N) is 3. The molecule has 1 aliphatic rings. The van der Waals surface area contributed by atoms with Gasteiger partial charge in [-0.15, -0.1) is 0 Å². The molecule has 2 aromatic carbocycles. The number of aromatic nitrogens is 2. The molecule has 0 amide bonds. The summed E-state index contributed by atoms with van der Waals surface area (Å²) in [5.41, 5.74) is 0.413. The highest BCUT2D eigenvalue weighted by atomic mass is 35.5. The molecule has 1 saturated heterocycles. The standard InChI is InChI=1S/C26H32ClN3O3/c1-21-28-11-15-30(21)12-4-16-32-24-7-2-5-22(17-24)19-29-13-9-26(31,10-14-29)20-33-25-8-3-6-23(27)18-25/h2-3,5-8,11,15,17-18,31H,4,9-10,12-14,16,19-20H2,1H3. The van der Waals surface area contributed by atoms with E-state index >= 15 is 0 Å². The van der Waals surface area contributed by atoms with Crippen LogP contribution in [0.15, 0.2) is 60.9 Å². The normalized spacial score (nSPS) is 16.0. The Morgan fingerprint density at radius 1 is 1.06 bits per heavy atom. The average Bonchev–Trinajstić information content (AvgIpc) is 3.22. The van der Waals surface area contributed by atoms with Gasteiger partial charge in [0.25, 0.3) is 0 Å². The molecule has 0 unspecified atom stereocenters. The van der Waals surface area contributed by atoms with Crippen LogP contribution in [-0.4, -0.2) is 51.5 Å². The third-order valence-corrected chi connectivity index (χ3v) is 6.37. The Kier molecular flexibility index (Phi) is 7.91. The van der Waals surface area contributed by atoms with E-state index in [-0.39, 0.29) is 6.61 Å². The Balaban J connectivity index is 1.20. The number of ether oxygens (including phenoxy) is 2. The minimum atomic E-state index is -0.808. The molecule has 0 atom stereocenters. The maximum Gasteiger partial charge on any atom is 0.120 e. The van der Waals surface area contributed by atoms with Gasteiger partial charge in [0.1, 0.15) is 29.5 Å². The zero-order valence-corrected chi connectivity index (χ0v) is 19.9. The first-order valence-electron chi connectivity index (χ1n) is 11.5. The minimum Gasteiger partial charge on any atom is -0.494 e. The highest BCUT2D eigenvalue weighted by Gasteiger charge is 2.33. The van der Waals surface area contributed by atoms with E-state index < -0.39 is 5.60 Å². The van der Waals surface area contributed by atoms with Gasteiger partial charge in [-0.3, -0.25) is 4.90 Å². The summed E-state index contributed by atoms with van der Waals surface area (Å²) < 4.78 is 13.9.